The van der Waals surface area contributed by atoms with Crippen molar-refractivity contribution in [3.05, 3.63) is 105 Å². The van der Waals surface area contributed by atoms with E-state index in [-0.39, 0.29) is 6.03 Å². The summed E-state index contributed by atoms with van der Waals surface area (Å²) in [5.41, 5.74) is 9.18. The van der Waals surface area contributed by atoms with Gasteiger partial charge in [0.15, 0.2) is 0 Å². The number of nitrogens with zero attached hydrogens (tertiary/aromatic N) is 3. The second kappa shape index (κ2) is 10.3. The van der Waals surface area contributed by atoms with E-state index >= 15 is 0 Å². The summed E-state index contributed by atoms with van der Waals surface area (Å²) in [7, 11) is 0. The maximum Gasteiger partial charge on any atom is 0.326 e. The lowest BCUT2D eigenvalue weighted by atomic mass is 10.0. The minimum atomic E-state index is -0.106. The maximum atomic E-state index is 13.5. The summed E-state index contributed by atoms with van der Waals surface area (Å²) >= 11 is 6.02. The van der Waals surface area contributed by atoms with Crippen LogP contribution in [0.1, 0.15) is 39.1 Å². The van der Waals surface area contributed by atoms with E-state index in [9.17, 15) is 4.79 Å². The van der Waals surface area contributed by atoms with Gasteiger partial charge in [0.1, 0.15) is 5.15 Å². The monoisotopic (exact) mass is 498 g/mol. The van der Waals surface area contributed by atoms with Crippen molar-refractivity contribution >= 4 is 34.6 Å². The van der Waals surface area contributed by atoms with Gasteiger partial charge in [0.2, 0.25) is 0 Å². The number of nitrogens with one attached hydrogen (secondary N) is 1. The molecule has 4 aromatic rings. The van der Waals surface area contributed by atoms with E-state index in [2.05, 4.69) is 84.5 Å². The summed E-state index contributed by atoms with van der Waals surface area (Å²) in [5, 5.41) is 4.68. The Morgan fingerprint density at radius 1 is 1.08 bits per heavy atom. The first kappa shape index (κ1) is 24.3. The van der Waals surface area contributed by atoms with Crippen molar-refractivity contribution in [2.24, 2.45) is 0 Å². The number of halogens is 1. The molecule has 0 atom stereocenters. The number of hydrogen-bond acceptors (Lipinski definition) is 3. The lowest BCUT2D eigenvalue weighted by Gasteiger charge is -2.27. The van der Waals surface area contributed by atoms with Crippen LogP contribution >= 0.6 is 11.6 Å². The minimum Gasteiger partial charge on any atom is -0.333 e. The van der Waals surface area contributed by atoms with E-state index in [0.717, 1.165) is 42.8 Å². The van der Waals surface area contributed by atoms with Crippen molar-refractivity contribution in [2.45, 2.75) is 40.3 Å². The van der Waals surface area contributed by atoms with Crippen LogP contribution in [0.15, 0.2) is 60.8 Å². The van der Waals surface area contributed by atoms with Crippen molar-refractivity contribution in [1.29, 1.82) is 0 Å². The highest BCUT2D eigenvalue weighted by Crippen LogP contribution is 2.33. The fourth-order valence-corrected chi connectivity index (χ4v) is 5.08. The van der Waals surface area contributed by atoms with Crippen LogP contribution in [0.25, 0.3) is 17.0 Å². The molecule has 0 unspecified atom stereocenters. The van der Waals surface area contributed by atoms with Gasteiger partial charge in [-0.2, -0.15) is 0 Å². The number of carbonyl (C=O) groups is 1. The molecule has 0 fully saturated rings. The van der Waals surface area contributed by atoms with E-state index in [1.807, 2.05) is 10.6 Å². The van der Waals surface area contributed by atoms with Gasteiger partial charge < -0.3 is 5.32 Å². The predicted molar refractivity (Wildman–Crippen MR) is 147 cm³/mol. The van der Waals surface area contributed by atoms with Crippen LogP contribution in [0, 0.1) is 20.8 Å². The van der Waals surface area contributed by atoms with Gasteiger partial charge in [0.25, 0.3) is 0 Å². The molecule has 0 spiro atoms. The Bertz CT molecular complexity index is 1450. The quantitative estimate of drug-likeness (QED) is 0.322. The average molecular weight is 499 g/mol. The predicted octanol–water partition coefficient (Wildman–Crippen LogP) is 6.44. The number of aryl methyl sites for hydroxylation is 3. The minimum absolute atomic E-state index is 0.106. The zero-order valence-corrected chi connectivity index (χ0v) is 21.8. The smallest absolute Gasteiger partial charge is 0.326 e. The van der Waals surface area contributed by atoms with Crippen molar-refractivity contribution in [1.82, 2.24) is 19.8 Å². The maximum absolute atomic E-state index is 13.5. The molecule has 6 heteroatoms. The fraction of sp³-hybridized carbons (Fsp3) is 0.267. The molecule has 1 aliphatic heterocycles. The van der Waals surface area contributed by atoms with Gasteiger partial charge in [-0.05, 0) is 72.9 Å². The van der Waals surface area contributed by atoms with Crippen molar-refractivity contribution in [3.8, 4) is 0 Å². The molecule has 36 heavy (non-hydrogen) atoms. The number of amides is 1. The van der Waals surface area contributed by atoms with Crippen molar-refractivity contribution in [3.63, 3.8) is 0 Å². The number of fused-ring (bicyclic) bond motifs is 3. The molecule has 5 rings (SSSR count). The van der Waals surface area contributed by atoms with Crippen molar-refractivity contribution < 1.29 is 4.79 Å². The van der Waals surface area contributed by atoms with E-state index < -0.39 is 0 Å². The summed E-state index contributed by atoms with van der Waals surface area (Å²) < 4.78 is 1.89. The van der Waals surface area contributed by atoms with Crippen LogP contribution in [-0.2, 0) is 19.5 Å². The van der Waals surface area contributed by atoms with E-state index in [1.165, 1.54) is 33.2 Å². The fourth-order valence-electron chi connectivity index (χ4n) is 4.88. The highest BCUT2D eigenvalue weighted by molar-refractivity contribution is 6.29. The van der Waals surface area contributed by atoms with Crippen LogP contribution < -0.4 is 5.32 Å². The zero-order chi connectivity index (χ0) is 25.2. The van der Waals surface area contributed by atoms with Crippen LogP contribution in [0.3, 0.4) is 0 Å². The van der Waals surface area contributed by atoms with Gasteiger partial charge in [0, 0.05) is 49.9 Å². The molecule has 3 heterocycles. The molecular weight excluding hydrogens is 468 g/mol. The number of benzene rings is 2. The number of rotatable bonds is 5. The summed E-state index contributed by atoms with van der Waals surface area (Å²) in [6.07, 6.45) is 6.90. The second-order valence-electron chi connectivity index (χ2n) is 9.66. The molecule has 0 radical (unpaired) electrons. The Morgan fingerprint density at radius 3 is 2.64 bits per heavy atom. The molecule has 5 nitrogen and oxygen atoms in total. The van der Waals surface area contributed by atoms with Gasteiger partial charge in [0.05, 0.1) is 5.52 Å². The SMILES string of the molecule is Cc1ccc(/C=C/CN2CCc3c(c4cc(C)c(C)cc4n3C(=O)NCc3ccnc(Cl)c3)C2)cc1. The van der Waals surface area contributed by atoms with Gasteiger partial charge in [-0.1, -0.05) is 53.6 Å². The highest BCUT2D eigenvalue weighted by atomic mass is 35.5. The largest absolute Gasteiger partial charge is 0.333 e. The molecular formula is C30H31ClN4O. The van der Waals surface area contributed by atoms with Gasteiger partial charge in [-0.15, -0.1) is 0 Å². The van der Waals surface area contributed by atoms with Crippen LogP contribution in [0.4, 0.5) is 4.79 Å². The van der Waals surface area contributed by atoms with Gasteiger partial charge >= 0.3 is 6.03 Å². The molecule has 0 saturated heterocycles. The number of carbonyl (C=O) groups excluding carboxylic acids is 1. The third-order valence-corrected chi connectivity index (χ3v) is 7.24. The Balaban J connectivity index is 1.40. The van der Waals surface area contributed by atoms with Crippen LogP contribution in [-0.4, -0.2) is 33.6 Å². The second-order valence-corrected chi connectivity index (χ2v) is 10.0. The number of hydrogen-bond donors (Lipinski definition) is 1. The molecule has 1 N–H and O–H groups in total. The summed E-state index contributed by atoms with van der Waals surface area (Å²) in [5.74, 6) is 0. The lowest BCUT2D eigenvalue weighted by Crippen LogP contribution is -2.34. The van der Waals surface area contributed by atoms with E-state index in [0.29, 0.717) is 11.7 Å². The van der Waals surface area contributed by atoms with E-state index in [1.54, 1.807) is 12.3 Å². The molecule has 184 valence electrons. The molecule has 1 aliphatic rings. The first-order chi connectivity index (χ1) is 17.4. The zero-order valence-electron chi connectivity index (χ0n) is 21.0. The van der Waals surface area contributed by atoms with Crippen LogP contribution in [0.5, 0.6) is 0 Å². The topological polar surface area (TPSA) is 50.2 Å². The number of pyridine rings is 1. The van der Waals surface area contributed by atoms with Gasteiger partial charge in [-0.3, -0.25) is 9.47 Å². The third kappa shape index (κ3) is 5.08. The van der Waals surface area contributed by atoms with Crippen LogP contribution in [0.2, 0.25) is 5.15 Å². The van der Waals surface area contributed by atoms with Crippen molar-refractivity contribution in [2.75, 3.05) is 13.1 Å². The van der Waals surface area contributed by atoms with E-state index in [4.69, 9.17) is 11.6 Å². The Labute approximate surface area is 217 Å². The standard InChI is InChI=1S/C30H31ClN4O/c1-20-6-8-23(9-7-20)5-4-13-34-14-11-27-26(19-34)25-15-21(2)22(3)16-28(25)35(27)30(36)33-18-24-10-12-32-29(31)17-24/h4-10,12,15-17H,11,13-14,18-19H2,1-3H3,(H,33,36)/b5-4+. The average Bonchev–Trinajstić information content (AvgIpc) is 3.16. The molecule has 1 amide bonds. The first-order valence-corrected chi connectivity index (χ1v) is 12.7. The first-order valence-electron chi connectivity index (χ1n) is 12.4. The molecule has 0 saturated carbocycles. The Hall–Kier alpha value is -3.41. The molecule has 2 aromatic carbocycles. The van der Waals surface area contributed by atoms with Gasteiger partial charge in [-0.25, -0.2) is 9.78 Å². The highest BCUT2D eigenvalue weighted by Gasteiger charge is 2.26. The normalized spacial score (nSPS) is 13.9. The number of aromatic nitrogens is 2. The third-order valence-electron chi connectivity index (χ3n) is 7.03. The summed E-state index contributed by atoms with van der Waals surface area (Å²) in [6.45, 7) is 9.35. The molecule has 0 bridgehead atoms. The molecule has 0 aliphatic carbocycles. The summed E-state index contributed by atoms with van der Waals surface area (Å²) in [4.78, 5) is 19.9. The lowest BCUT2D eigenvalue weighted by molar-refractivity contribution is 0.240. The summed E-state index contributed by atoms with van der Waals surface area (Å²) in [6, 6.07) is 16.5. The Kier molecular flexibility index (Phi) is 6.95. The Morgan fingerprint density at radius 2 is 1.86 bits per heavy atom. The molecule has 2 aromatic heterocycles.